The Bertz CT molecular complexity index is 747. The molecule has 0 aromatic heterocycles. The van der Waals surface area contributed by atoms with Crippen LogP contribution in [0.3, 0.4) is 0 Å². The number of carbonyl (C=O) groups is 3. The smallest absolute Gasteiger partial charge is 0.412 e. The van der Waals surface area contributed by atoms with Crippen LogP contribution in [0.2, 0.25) is 0 Å². The van der Waals surface area contributed by atoms with E-state index in [2.05, 4.69) is 5.32 Å². The topological polar surface area (TPSA) is 105 Å². The molecule has 3 amide bonds. The molecule has 1 aliphatic heterocycles. The summed E-state index contributed by atoms with van der Waals surface area (Å²) in [6.45, 7) is 11.1. The van der Waals surface area contributed by atoms with Gasteiger partial charge in [0.05, 0.1) is 5.54 Å². The van der Waals surface area contributed by atoms with Gasteiger partial charge in [0.15, 0.2) is 0 Å². The van der Waals surface area contributed by atoms with E-state index in [0.717, 1.165) is 0 Å². The molecule has 8 nitrogen and oxygen atoms in total. The molecule has 0 unspecified atom stereocenters. The third-order valence-corrected chi connectivity index (χ3v) is 4.72. The van der Waals surface area contributed by atoms with Crippen LogP contribution in [-0.2, 0) is 9.53 Å². The van der Waals surface area contributed by atoms with Gasteiger partial charge in [0.2, 0.25) is 5.91 Å². The summed E-state index contributed by atoms with van der Waals surface area (Å²) in [7, 11) is 0. The van der Waals surface area contributed by atoms with Gasteiger partial charge in [-0.15, -0.1) is 0 Å². The first-order valence-electron chi connectivity index (χ1n) is 9.34. The van der Waals surface area contributed by atoms with Crippen molar-refractivity contribution < 1.29 is 19.1 Å². The van der Waals surface area contributed by atoms with Gasteiger partial charge in [-0.25, -0.2) is 4.79 Å². The van der Waals surface area contributed by atoms with Gasteiger partial charge in [0, 0.05) is 37.4 Å². The largest absolute Gasteiger partial charge is 0.444 e. The standard InChI is InChI=1S/C20H30N4O4/c1-19(2,3)28-18(27)22-15-8-6-7-14(13-15)16(25)23-9-11-24(12-10-23)20(4,5)17(21)26/h6-8,13H,9-12H2,1-5H3,(H2,21,26)(H,22,27). The van der Waals surface area contributed by atoms with Crippen LogP contribution in [0.1, 0.15) is 45.0 Å². The van der Waals surface area contributed by atoms with Gasteiger partial charge in [-0.05, 0) is 52.8 Å². The van der Waals surface area contributed by atoms with E-state index in [0.29, 0.717) is 37.4 Å². The Balaban J connectivity index is 2.00. The van der Waals surface area contributed by atoms with E-state index in [-0.39, 0.29) is 11.8 Å². The van der Waals surface area contributed by atoms with Gasteiger partial charge in [0.25, 0.3) is 5.91 Å². The van der Waals surface area contributed by atoms with Crippen LogP contribution in [0.4, 0.5) is 10.5 Å². The zero-order valence-corrected chi connectivity index (χ0v) is 17.2. The quantitative estimate of drug-likeness (QED) is 0.819. The molecule has 154 valence electrons. The minimum atomic E-state index is -0.744. The lowest BCUT2D eigenvalue weighted by Gasteiger charge is -2.42. The van der Waals surface area contributed by atoms with E-state index in [9.17, 15) is 14.4 Å². The van der Waals surface area contributed by atoms with Gasteiger partial charge in [-0.1, -0.05) is 6.07 Å². The Morgan fingerprint density at radius 3 is 2.18 bits per heavy atom. The SMILES string of the molecule is CC(C)(C)OC(=O)Nc1cccc(C(=O)N2CCN(C(C)(C)C(N)=O)CC2)c1. The van der Waals surface area contributed by atoms with Crippen LogP contribution in [0.25, 0.3) is 0 Å². The Kier molecular flexibility index (Phi) is 6.34. The molecule has 28 heavy (non-hydrogen) atoms. The highest BCUT2D eigenvalue weighted by atomic mass is 16.6. The molecular formula is C20H30N4O4. The molecule has 1 aromatic carbocycles. The molecule has 3 N–H and O–H groups in total. The zero-order valence-electron chi connectivity index (χ0n) is 17.2. The highest BCUT2D eigenvalue weighted by molar-refractivity contribution is 5.96. The lowest BCUT2D eigenvalue weighted by molar-refractivity contribution is -0.129. The number of hydrogen-bond acceptors (Lipinski definition) is 5. The van der Waals surface area contributed by atoms with Gasteiger partial charge in [0.1, 0.15) is 5.60 Å². The van der Waals surface area contributed by atoms with Gasteiger partial charge in [-0.3, -0.25) is 19.8 Å². The van der Waals surface area contributed by atoms with Crippen LogP contribution in [-0.4, -0.2) is 65.0 Å². The maximum Gasteiger partial charge on any atom is 0.412 e. The van der Waals surface area contributed by atoms with E-state index in [4.69, 9.17) is 10.5 Å². The molecule has 1 fully saturated rings. The number of nitrogens with one attached hydrogen (secondary N) is 1. The monoisotopic (exact) mass is 390 g/mol. The molecule has 0 spiro atoms. The average molecular weight is 390 g/mol. The minimum Gasteiger partial charge on any atom is -0.444 e. The summed E-state index contributed by atoms with van der Waals surface area (Å²) in [6.07, 6.45) is -0.570. The Hall–Kier alpha value is -2.61. The molecule has 1 saturated heterocycles. The first-order chi connectivity index (χ1) is 12.9. The molecule has 0 radical (unpaired) electrons. The number of rotatable bonds is 4. The van der Waals surface area contributed by atoms with E-state index in [1.54, 1.807) is 63.8 Å². The van der Waals surface area contributed by atoms with E-state index in [1.165, 1.54) is 0 Å². The number of nitrogens with two attached hydrogens (primary N) is 1. The van der Waals surface area contributed by atoms with E-state index < -0.39 is 17.2 Å². The van der Waals surface area contributed by atoms with Crippen LogP contribution < -0.4 is 11.1 Å². The normalized spacial score (nSPS) is 15.8. The summed E-state index contributed by atoms with van der Waals surface area (Å²) in [4.78, 5) is 40.1. The summed E-state index contributed by atoms with van der Waals surface area (Å²) in [6, 6.07) is 6.76. The van der Waals surface area contributed by atoms with Crippen LogP contribution in [0, 0.1) is 0 Å². The fourth-order valence-corrected chi connectivity index (χ4v) is 2.96. The summed E-state index contributed by atoms with van der Waals surface area (Å²) >= 11 is 0. The number of ether oxygens (including phenoxy) is 1. The van der Waals surface area contributed by atoms with Crippen molar-refractivity contribution in [3.05, 3.63) is 29.8 Å². The van der Waals surface area contributed by atoms with E-state index in [1.807, 2.05) is 4.90 Å². The maximum atomic E-state index is 12.8. The second-order valence-electron chi connectivity index (χ2n) is 8.41. The highest BCUT2D eigenvalue weighted by Gasteiger charge is 2.35. The maximum absolute atomic E-state index is 12.8. The molecule has 0 saturated carbocycles. The number of carbonyl (C=O) groups excluding carboxylic acids is 3. The van der Waals surface area contributed by atoms with Crippen LogP contribution in [0.5, 0.6) is 0 Å². The predicted octanol–water partition coefficient (Wildman–Crippen LogP) is 2.06. The summed E-state index contributed by atoms with van der Waals surface area (Å²) in [5.74, 6) is -0.502. The fourth-order valence-electron chi connectivity index (χ4n) is 2.96. The molecule has 1 heterocycles. The van der Waals surface area contributed by atoms with Crippen molar-refractivity contribution in [2.24, 2.45) is 5.73 Å². The number of nitrogens with zero attached hydrogens (tertiary/aromatic N) is 2. The third-order valence-electron chi connectivity index (χ3n) is 4.72. The summed E-state index contributed by atoms with van der Waals surface area (Å²) < 4.78 is 5.23. The van der Waals surface area contributed by atoms with Gasteiger partial charge < -0.3 is 15.4 Å². The lowest BCUT2D eigenvalue weighted by Crippen LogP contribution is -2.60. The average Bonchev–Trinajstić information content (AvgIpc) is 2.59. The Labute approximate surface area is 166 Å². The third kappa shape index (κ3) is 5.45. The number of anilines is 1. The van der Waals surface area contributed by atoms with Crippen LogP contribution in [0.15, 0.2) is 24.3 Å². The summed E-state index contributed by atoms with van der Waals surface area (Å²) in [5.41, 5.74) is 5.11. The first-order valence-corrected chi connectivity index (χ1v) is 9.34. The Morgan fingerprint density at radius 2 is 1.64 bits per heavy atom. The van der Waals surface area contributed by atoms with Crippen LogP contribution >= 0.6 is 0 Å². The molecule has 1 aromatic rings. The first kappa shape index (κ1) is 21.7. The molecular weight excluding hydrogens is 360 g/mol. The van der Waals surface area contributed by atoms with Crippen molar-refractivity contribution in [2.75, 3.05) is 31.5 Å². The Morgan fingerprint density at radius 1 is 1.04 bits per heavy atom. The summed E-state index contributed by atoms with van der Waals surface area (Å²) in [5, 5.41) is 2.64. The lowest BCUT2D eigenvalue weighted by atomic mass is 10.0. The van der Waals surface area contributed by atoms with Crippen molar-refractivity contribution in [3.63, 3.8) is 0 Å². The van der Waals surface area contributed by atoms with Gasteiger partial charge >= 0.3 is 6.09 Å². The molecule has 1 aliphatic rings. The highest BCUT2D eigenvalue weighted by Crippen LogP contribution is 2.19. The zero-order chi connectivity index (χ0) is 21.1. The van der Waals surface area contributed by atoms with Crippen molar-refractivity contribution in [1.29, 1.82) is 0 Å². The second kappa shape index (κ2) is 8.18. The molecule has 0 bridgehead atoms. The van der Waals surface area contributed by atoms with Crippen molar-refractivity contribution in [1.82, 2.24) is 9.80 Å². The van der Waals surface area contributed by atoms with Gasteiger partial charge in [-0.2, -0.15) is 0 Å². The molecule has 0 aliphatic carbocycles. The van der Waals surface area contributed by atoms with Crippen molar-refractivity contribution >= 4 is 23.6 Å². The minimum absolute atomic E-state index is 0.121. The molecule has 8 heteroatoms. The van der Waals surface area contributed by atoms with E-state index >= 15 is 0 Å². The number of primary amides is 1. The number of hydrogen-bond donors (Lipinski definition) is 2. The number of piperazine rings is 1. The second-order valence-corrected chi connectivity index (χ2v) is 8.41. The van der Waals surface area contributed by atoms with Crippen molar-refractivity contribution in [3.8, 4) is 0 Å². The number of amides is 3. The van der Waals surface area contributed by atoms with Crippen molar-refractivity contribution in [2.45, 2.75) is 45.8 Å². The molecule has 0 atom stereocenters. The fraction of sp³-hybridized carbons (Fsp3) is 0.550. The number of benzene rings is 1. The molecule has 2 rings (SSSR count). The predicted molar refractivity (Wildman–Crippen MR) is 107 cm³/mol.